The maximum Gasteiger partial charge on any atom is 0.322 e. The number of rotatable bonds is 15. The minimum atomic E-state index is -0.667. The molecule has 0 aromatic carbocycles. The summed E-state index contributed by atoms with van der Waals surface area (Å²) in [5.41, 5.74) is 0. The standard InChI is InChI=1S/C13H24S2.C9H14O2S3/c1-2-3-4-5-6-7-8-9-10-11-12-13(14)15-12;1-4-5-6-11-7(10)9(2,3)14-8(12)13/h12H,2-11H2,1H3;4H,1,5-6H2,2-3H3,(H,12,13). The van der Waals surface area contributed by atoms with E-state index in [0.717, 1.165) is 5.25 Å². The summed E-state index contributed by atoms with van der Waals surface area (Å²) in [6.45, 7) is 9.70. The van der Waals surface area contributed by atoms with E-state index in [1.807, 2.05) is 11.8 Å². The molecule has 0 bridgehead atoms. The van der Waals surface area contributed by atoms with Crippen molar-refractivity contribution in [2.45, 2.75) is 101 Å². The number of thiocarbonyl (C=S) groups is 2. The van der Waals surface area contributed by atoms with E-state index < -0.39 is 4.75 Å². The fourth-order valence-corrected chi connectivity index (χ4v) is 5.56. The van der Waals surface area contributed by atoms with Crippen LogP contribution in [-0.4, -0.2) is 30.3 Å². The summed E-state index contributed by atoms with van der Waals surface area (Å²) in [5.74, 6) is -0.277. The molecule has 1 unspecified atom stereocenters. The molecule has 1 atom stereocenters. The zero-order chi connectivity index (χ0) is 22.1. The Kier molecular flexibility index (Phi) is 18.3. The Balaban J connectivity index is 0.000000543. The Labute approximate surface area is 203 Å². The van der Waals surface area contributed by atoms with Crippen LogP contribution in [0, 0.1) is 0 Å². The van der Waals surface area contributed by atoms with Gasteiger partial charge in [0, 0.05) is 0 Å². The van der Waals surface area contributed by atoms with E-state index in [4.69, 9.17) is 29.2 Å². The van der Waals surface area contributed by atoms with Gasteiger partial charge in [0.2, 0.25) is 0 Å². The summed E-state index contributed by atoms with van der Waals surface area (Å²) < 4.78 is 6.06. The molecule has 0 amide bonds. The second kappa shape index (κ2) is 18.1. The monoisotopic (exact) mass is 494 g/mol. The highest BCUT2D eigenvalue weighted by molar-refractivity contribution is 8.42. The molecule has 29 heavy (non-hydrogen) atoms. The van der Waals surface area contributed by atoms with Gasteiger partial charge in [-0.15, -0.1) is 31.0 Å². The third-order valence-electron chi connectivity index (χ3n) is 4.42. The van der Waals surface area contributed by atoms with Gasteiger partial charge in [-0.2, -0.15) is 0 Å². The predicted molar refractivity (Wildman–Crippen MR) is 145 cm³/mol. The second-order valence-electron chi connectivity index (χ2n) is 7.63. The van der Waals surface area contributed by atoms with Crippen LogP contribution in [0.1, 0.15) is 91.4 Å². The number of unbranched alkanes of at least 4 members (excludes halogenated alkanes) is 8. The number of esters is 1. The summed E-state index contributed by atoms with van der Waals surface area (Å²) in [7, 11) is 0. The lowest BCUT2D eigenvalue weighted by Crippen LogP contribution is -2.31. The van der Waals surface area contributed by atoms with Gasteiger partial charge in [0.25, 0.3) is 0 Å². The minimum absolute atomic E-state index is 0.277. The molecule has 168 valence electrons. The lowest BCUT2D eigenvalue weighted by atomic mass is 10.1. The highest BCUT2D eigenvalue weighted by Gasteiger charge is 2.31. The van der Waals surface area contributed by atoms with Crippen molar-refractivity contribution in [1.29, 1.82) is 0 Å². The molecule has 0 aromatic rings. The average molecular weight is 495 g/mol. The van der Waals surface area contributed by atoms with Crippen LogP contribution in [0.25, 0.3) is 0 Å². The van der Waals surface area contributed by atoms with E-state index in [0.29, 0.717) is 16.6 Å². The number of hydrogen-bond acceptors (Lipinski definition) is 6. The molecule has 1 aliphatic heterocycles. The van der Waals surface area contributed by atoms with Crippen LogP contribution in [0.15, 0.2) is 12.7 Å². The first-order chi connectivity index (χ1) is 13.7. The Hall–Kier alpha value is 0.440. The Morgan fingerprint density at radius 3 is 2.17 bits per heavy atom. The molecule has 0 aliphatic carbocycles. The molecular weight excluding hydrogens is 457 g/mol. The van der Waals surface area contributed by atoms with Crippen molar-refractivity contribution in [3.63, 3.8) is 0 Å². The van der Waals surface area contributed by atoms with Gasteiger partial charge in [-0.25, -0.2) is 0 Å². The molecule has 2 nitrogen and oxygen atoms in total. The first-order valence-corrected chi connectivity index (χ1v) is 13.6. The van der Waals surface area contributed by atoms with Gasteiger partial charge in [0.1, 0.15) is 8.28 Å². The third-order valence-corrected chi connectivity index (χ3v) is 7.54. The average Bonchev–Trinajstić information content (AvgIpc) is 3.35. The van der Waals surface area contributed by atoms with Crippen molar-refractivity contribution >= 4 is 74.3 Å². The minimum Gasteiger partial charge on any atom is -0.464 e. The zero-order valence-electron chi connectivity index (χ0n) is 18.2. The predicted octanol–water partition coefficient (Wildman–Crippen LogP) is 8.18. The van der Waals surface area contributed by atoms with E-state index in [1.54, 1.807) is 19.9 Å². The third kappa shape index (κ3) is 17.8. The van der Waals surface area contributed by atoms with Crippen LogP contribution >= 0.6 is 60.6 Å². The maximum atomic E-state index is 11.5. The van der Waals surface area contributed by atoms with E-state index >= 15 is 0 Å². The maximum absolute atomic E-state index is 11.5. The zero-order valence-corrected chi connectivity index (χ0v) is 22.4. The summed E-state index contributed by atoms with van der Waals surface area (Å²) in [6.07, 6.45) is 16.6. The van der Waals surface area contributed by atoms with Crippen LogP contribution in [0.4, 0.5) is 0 Å². The summed E-state index contributed by atoms with van der Waals surface area (Å²) in [5, 5.41) is 0.768. The van der Waals surface area contributed by atoms with Crippen molar-refractivity contribution in [3.8, 4) is 0 Å². The van der Waals surface area contributed by atoms with Gasteiger partial charge >= 0.3 is 5.97 Å². The highest BCUT2D eigenvalue weighted by atomic mass is 32.2. The van der Waals surface area contributed by atoms with Crippen molar-refractivity contribution in [1.82, 2.24) is 0 Å². The molecule has 0 aromatic heterocycles. The first-order valence-electron chi connectivity index (χ1n) is 10.6. The molecule has 0 spiro atoms. The van der Waals surface area contributed by atoms with Gasteiger partial charge in [-0.3, -0.25) is 4.79 Å². The fraction of sp³-hybridized carbons (Fsp3) is 0.773. The Bertz CT molecular complexity index is 505. The van der Waals surface area contributed by atoms with E-state index in [2.05, 4.69) is 26.1 Å². The molecule has 1 fully saturated rings. The van der Waals surface area contributed by atoms with Crippen LogP contribution in [0.2, 0.25) is 0 Å². The topological polar surface area (TPSA) is 26.3 Å². The van der Waals surface area contributed by atoms with Gasteiger partial charge in [-0.1, -0.05) is 107 Å². The largest absolute Gasteiger partial charge is 0.464 e. The van der Waals surface area contributed by atoms with Crippen molar-refractivity contribution in [2.75, 3.05) is 6.61 Å². The van der Waals surface area contributed by atoms with Crippen LogP contribution < -0.4 is 0 Å². The SMILES string of the molecule is C=CCCOC(=O)C(C)(C)SC(=S)S.CCCCCCCCCCCC1SC1=S. The van der Waals surface area contributed by atoms with Gasteiger partial charge in [0.05, 0.1) is 16.1 Å². The summed E-state index contributed by atoms with van der Waals surface area (Å²) in [6, 6.07) is 0. The summed E-state index contributed by atoms with van der Waals surface area (Å²) in [4.78, 5) is 11.5. The van der Waals surface area contributed by atoms with E-state index in [9.17, 15) is 4.79 Å². The quantitative estimate of drug-likeness (QED) is 0.0615. The van der Waals surface area contributed by atoms with Crippen LogP contribution in [0.5, 0.6) is 0 Å². The Morgan fingerprint density at radius 2 is 1.72 bits per heavy atom. The second-order valence-corrected chi connectivity index (χ2v) is 12.9. The van der Waals surface area contributed by atoms with E-state index in [1.165, 1.54) is 80.2 Å². The number of hydrogen-bond donors (Lipinski definition) is 1. The highest BCUT2D eigenvalue weighted by Crippen LogP contribution is 2.38. The molecule has 7 heteroatoms. The van der Waals surface area contributed by atoms with Gasteiger partial charge in [0.15, 0.2) is 0 Å². The normalized spacial score (nSPS) is 15.3. The lowest BCUT2D eigenvalue weighted by molar-refractivity contribution is -0.145. The van der Waals surface area contributed by atoms with E-state index in [-0.39, 0.29) is 5.97 Å². The first kappa shape index (κ1) is 29.4. The molecule has 1 rings (SSSR count). The van der Waals surface area contributed by atoms with Gasteiger partial charge < -0.3 is 4.74 Å². The van der Waals surface area contributed by atoms with Crippen molar-refractivity contribution in [3.05, 3.63) is 12.7 Å². The number of carbonyl (C=O) groups is 1. The number of carbonyl (C=O) groups excluding carboxylic acids is 1. The molecule has 0 radical (unpaired) electrons. The molecular formula is C22H38O2S5. The van der Waals surface area contributed by atoms with Crippen LogP contribution in [0.3, 0.4) is 0 Å². The van der Waals surface area contributed by atoms with Crippen molar-refractivity contribution in [2.24, 2.45) is 0 Å². The number of thiol groups is 1. The molecule has 0 N–H and O–H groups in total. The fourth-order valence-electron chi connectivity index (χ4n) is 2.59. The van der Waals surface area contributed by atoms with Crippen LogP contribution in [-0.2, 0) is 9.53 Å². The smallest absolute Gasteiger partial charge is 0.322 e. The Morgan fingerprint density at radius 1 is 1.21 bits per heavy atom. The number of ether oxygens (including phenoxy) is 1. The van der Waals surface area contributed by atoms with Gasteiger partial charge in [-0.05, 0) is 26.7 Å². The van der Waals surface area contributed by atoms with Crippen molar-refractivity contribution < 1.29 is 9.53 Å². The summed E-state index contributed by atoms with van der Waals surface area (Å²) >= 11 is 17.0. The lowest BCUT2D eigenvalue weighted by Gasteiger charge is -2.20. The molecule has 1 aliphatic rings. The molecule has 1 heterocycles. The molecule has 1 saturated heterocycles. The number of thioether (sulfide) groups is 2. The molecule has 0 saturated carbocycles.